The summed E-state index contributed by atoms with van der Waals surface area (Å²) in [6.07, 6.45) is 6.13. The normalized spacial score (nSPS) is 10.3. The van der Waals surface area contributed by atoms with Gasteiger partial charge < -0.3 is 4.57 Å². The van der Waals surface area contributed by atoms with Crippen molar-refractivity contribution in [2.45, 2.75) is 6.92 Å². The van der Waals surface area contributed by atoms with Gasteiger partial charge in [0.15, 0.2) is 6.29 Å². The first-order valence-electron chi connectivity index (χ1n) is 4.46. The van der Waals surface area contributed by atoms with Crippen LogP contribution in [0.2, 0.25) is 5.15 Å². The van der Waals surface area contributed by atoms with Gasteiger partial charge in [0.2, 0.25) is 0 Å². The van der Waals surface area contributed by atoms with Gasteiger partial charge in [0.25, 0.3) is 0 Å². The highest BCUT2D eigenvalue weighted by atomic mass is 35.5. The molecule has 0 atom stereocenters. The van der Waals surface area contributed by atoms with Crippen LogP contribution >= 0.6 is 11.6 Å². The average Bonchev–Trinajstić information content (AvgIpc) is 2.60. The van der Waals surface area contributed by atoms with E-state index in [1.807, 2.05) is 23.8 Å². The molecule has 0 aliphatic carbocycles. The van der Waals surface area contributed by atoms with E-state index in [1.165, 1.54) is 0 Å². The van der Waals surface area contributed by atoms with Crippen LogP contribution in [0.25, 0.3) is 5.69 Å². The first-order chi connectivity index (χ1) is 7.20. The summed E-state index contributed by atoms with van der Waals surface area (Å²) in [7, 11) is 0. The molecule has 0 saturated carbocycles. The zero-order valence-corrected chi connectivity index (χ0v) is 8.90. The average molecular weight is 221 g/mol. The van der Waals surface area contributed by atoms with E-state index >= 15 is 0 Å². The van der Waals surface area contributed by atoms with Gasteiger partial charge in [0.05, 0.1) is 0 Å². The van der Waals surface area contributed by atoms with Gasteiger partial charge in [-0.1, -0.05) is 11.6 Å². The monoisotopic (exact) mass is 220 g/mol. The van der Waals surface area contributed by atoms with Crippen molar-refractivity contribution >= 4 is 17.9 Å². The van der Waals surface area contributed by atoms with Crippen molar-refractivity contribution in [3.05, 3.63) is 47.0 Å². The van der Waals surface area contributed by atoms with E-state index < -0.39 is 0 Å². The van der Waals surface area contributed by atoms with Gasteiger partial charge in [-0.2, -0.15) is 0 Å². The van der Waals surface area contributed by atoms with Gasteiger partial charge in [-0.25, -0.2) is 4.98 Å². The van der Waals surface area contributed by atoms with Crippen molar-refractivity contribution in [1.82, 2.24) is 9.55 Å². The van der Waals surface area contributed by atoms with Crippen molar-refractivity contribution in [3.63, 3.8) is 0 Å². The van der Waals surface area contributed by atoms with E-state index in [2.05, 4.69) is 4.98 Å². The maximum absolute atomic E-state index is 10.7. The van der Waals surface area contributed by atoms with Crippen LogP contribution in [-0.2, 0) is 0 Å². The van der Waals surface area contributed by atoms with Crippen LogP contribution in [0.1, 0.15) is 15.9 Å². The summed E-state index contributed by atoms with van der Waals surface area (Å²) in [6.45, 7) is 1.89. The summed E-state index contributed by atoms with van der Waals surface area (Å²) in [5.74, 6) is 0. The van der Waals surface area contributed by atoms with Crippen molar-refractivity contribution in [3.8, 4) is 5.69 Å². The van der Waals surface area contributed by atoms with E-state index in [0.717, 1.165) is 17.5 Å². The molecule has 0 saturated heterocycles. The fraction of sp³-hybridized carbons (Fsp3) is 0.0909. The molecule has 2 rings (SSSR count). The standard InChI is InChI=1S/C11H9ClN2O/c1-8-5-14(6-9(8)7-15)10-2-3-13-11(12)4-10/h2-7H,1H3. The minimum absolute atomic E-state index is 0.437. The van der Waals surface area contributed by atoms with E-state index in [-0.39, 0.29) is 0 Å². The van der Waals surface area contributed by atoms with Crippen LogP contribution in [0.4, 0.5) is 0 Å². The number of rotatable bonds is 2. The lowest BCUT2D eigenvalue weighted by Crippen LogP contribution is -1.90. The predicted molar refractivity (Wildman–Crippen MR) is 58.7 cm³/mol. The molecule has 15 heavy (non-hydrogen) atoms. The van der Waals surface area contributed by atoms with Crippen molar-refractivity contribution in [1.29, 1.82) is 0 Å². The van der Waals surface area contributed by atoms with Gasteiger partial charge in [0, 0.05) is 29.8 Å². The number of carbonyl (C=O) groups is 1. The van der Waals surface area contributed by atoms with Gasteiger partial charge in [0.1, 0.15) is 5.15 Å². The predicted octanol–water partition coefficient (Wildman–Crippen LogP) is 2.65. The number of halogens is 1. The second kappa shape index (κ2) is 3.87. The van der Waals surface area contributed by atoms with Crippen LogP contribution in [0.3, 0.4) is 0 Å². The van der Waals surface area contributed by atoms with Gasteiger partial charge in [-0.15, -0.1) is 0 Å². The zero-order valence-electron chi connectivity index (χ0n) is 8.14. The molecule has 0 amide bonds. The molecule has 2 aromatic heterocycles. The Morgan fingerprint density at radius 1 is 1.47 bits per heavy atom. The Morgan fingerprint density at radius 3 is 2.87 bits per heavy atom. The fourth-order valence-corrected chi connectivity index (χ4v) is 1.57. The molecular formula is C11H9ClN2O. The molecular weight excluding hydrogens is 212 g/mol. The van der Waals surface area contributed by atoms with E-state index in [1.54, 1.807) is 18.5 Å². The van der Waals surface area contributed by atoms with Crippen LogP contribution < -0.4 is 0 Å². The molecule has 4 heteroatoms. The summed E-state index contributed by atoms with van der Waals surface area (Å²) in [5.41, 5.74) is 2.52. The molecule has 0 aliphatic rings. The number of aromatic nitrogens is 2. The number of pyridine rings is 1. The molecule has 0 spiro atoms. The highest BCUT2D eigenvalue weighted by Gasteiger charge is 2.03. The summed E-state index contributed by atoms with van der Waals surface area (Å²) in [5, 5.41) is 0.437. The topological polar surface area (TPSA) is 34.9 Å². The van der Waals surface area contributed by atoms with Crippen molar-refractivity contribution < 1.29 is 4.79 Å². The molecule has 3 nitrogen and oxygen atoms in total. The maximum Gasteiger partial charge on any atom is 0.151 e. The Morgan fingerprint density at radius 2 is 2.27 bits per heavy atom. The van der Waals surface area contributed by atoms with Crippen LogP contribution in [0, 0.1) is 6.92 Å². The summed E-state index contributed by atoms with van der Waals surface area (Å²) < 4.78 is 1.85. The highest BCUT2D eigenvalue weighted by molar-refractivity contribution is 6.29. The van der Waals surface area contributed by atoms with Gasteiger partial charge >= 0.3 is 0 Å². The number of hydrogen-bond acceptors (Lipinski definition) is 2. The molecule has 0 bridgehead atoms. The first-order valence-corrected chi connectivity index (χ1v) is 4.84. The number of carbonyl (C=O) groups excluding carboxylic acids is 1. The van der Waals surface area contributed by atoms with Crippen LogP contribution in [0.15, 0.2) is 30.7 Å². The molecule has 0 aromatic carbocycles. The summed E-state index contributed by atoms with van der Waals surface area (Å²) in [6, 6.07) is 3.58. The second-order valence-corrected chi connectivity index (χ2v) is 3.65. The summed E-state index contributed by atoms with van der Waals surface area (Å²) >= 11 is 5.78. The van der Waals surface area contributed by atoms with E-state index in [9.17, 15) is 4.79 Å². The molecule has 2 heterocycles. The molecule has 0 unspecified atom stereocenters. The maximum atomic E-state index is 10.7. The molecule has 0 radical (unpaired) electrons. The zero-order chi connectivity index (χ0) is 10.8. The Hall–Kier alpha value is -1.61. The molecule has 76 valence electrons. The van der Waals surface area contributed by atoms with Crippen molar-refractivity contribution in [2.75, 3.05) is 0 Å². The van der Waals surface area contributed by atoms with Gasteiger partial charge in [-0.3, -0.25) is 4.79 Å². The minimum atomic E-state index is 0.437. The first kappa shape index (κ1) is 9.93. The Balaban J connectivity index is 2.49. The third-order valence-electron chi connectivity index (χ3n) is 2.20. The van der Waals surface area contributed by atoms with Gasteiger partial charge in [-0.05, 0) is 24.6 Å². The largest absolute Gasteiger partial charge is 0.323 e. The number of aryl methyl sites for hydroxylation is 1. The molecule has 2 aromatic rings. The number of hydrogen-bond donors (Lipinski definition) is 0. The molecule has 0 fully saturated rings. The smallest absolute Gasteiger partial charge is 0.151 e. The van der Waals surface area contributed by atoms with Crippen LogP contribution in [0.5, 0.6) is 0 Å². The molecule has 0 N–H and O–H groups in total. The second-order valence-electron chi connectivity index (χ2n) is 3.26. The number of nitrogens with zero attached hydrogens (tertiary/aromatic N) is 2. The third-order valence-corrected chi connectivity index (χ3v) is 2.41. The lowest BCUT2D eigenvalue weighted by Gasteiger charge is -2.01. The third kappa shape index (κ3) is 1.92. The SMILES string of the molecule is Cc1cn(-c2ccnc(Cl)c2)cc1C=O. The van der Waals surface area contributed by atoms with Crippen molar-refractivity contribution in [2.24, 2.45) is 0 Å². The minimum Gasteiger partial charge on any atom is -0.323 e. The lowest BCUT2D eigenvalue weighted by atomic mass is 10.2. The summed E-state index contributed by atoms with van der Waals surface area (Å²) in [4.78, 5) is 14.6. The Kier molecular flexibility index (Phi) is 2.56. The Labute approximate surface area is 92.3 Å². The van der Waals surface area contributed by atoms with Crippen LogP contribution in [-0.4, -0.2) is 15.8 Å². The highest BCUT2D eigenvalue weighted by Crippen LogP contribution is 2.15. The van der Waals surface area contributed by atoms with E-state index in [4.69, 9.17) is 11.6 Å². The van der Waals surface area contributed by atoms with E-state index in [0.29, 0.717) is 10.7 Å². The quantitative estimate of drug-likeness (QED) is 0.576. The Bertz CT molecular complexity index is 505. The number of aldehydes is 1. The molecule has 0 aliphatic heterocycles. The fourth-order valence-electron chi connectivity index (χ4n) is 1.40. The lowest BCUT2D eigenvalue weighted by molar-refractivity contribution is 0.112.